The molecule has 0 unspecified atom stereocenters. The van der Waals surface area contributed by atoms with Crippen LogP contribution in [0, 0.1) is 0 Å². The van der Waals surface area contributed by atoms with Crippen molar-refractivity contribution in [1.82, 2.24) is 0 Å². The molecule has 0 atom stereocenters. The van der Waals surface area contributed by atoms with Gasteiger partial charge in [0.2, 0.25) is 0 Å². The van der Waals surface area contributed by atoms with Gasteiger partial charge in [0.25, 0.3) is 0 Å². The van der Waals surface area contributed by atoms with Crippen molar-refractivity contribution in [1.29, 1.82) is 0 Å². The summed E-state index contributed by atoms with van der Waals surface area (Å²) in [7, 11) is 0. The zero-order chi connectivity index (χ0) is 13.2. The molecule has 94 valence electrons. The van der Waals surface area contributed by atoms with Gasteiger partial charge in [-0.2, -0.15) is 0 Å². The van der Waals surface area contributed by atoms with Crippen LogP contribution in [0.15, 0.2) is 46.5 Å². The van der Waals surface area contributed by atoms with E-state index in [4.69, 9.17) is 4.84 Å². The third kappa shape index (κ3) is 3.01. The highest BCUT2D eigenvalue weighted by Gasteiger charge is 2.27. The molecule has 0 aliphatic carbocycles. The van der Waals surface area contributed by atoms with Crippen molar-refractivity contribution in [3.05, 3.63) is 46.9 Å². The lowest BCUT2D eigenvalue weighted by Crippen LogP contribution is -2.09. The van der Waals surface area contributed by atoms with Crippen molar-refractivity contribution in [2.45, 2.75) is 25.5 Å². The Labute approximate surface area is 111 Å². The molecule has 0 saturated carbocycles. The van der Waals surface area contributed by atoms with Crippen molar-refractivity contribution in [3.63, 3.8) is 0 Å². The average Bonchev–Trinajstić information content (AvgIpc) is 2.68. The Balaban J connectivity index is 2.29. The molecule has 2 rings (SSSR count). The molecule has 1 aliphatic rings. The molecule has 1 aliphatic heterocycles. The van der Waals surface area contributed by atoms with E-state index in [0.29, 0.717) is 11.3 Å². The zero-order valence-corrected chi connectivity index (χ0v) is 11.5. The summed E-state index contributed by atoms with van der Waals surface area (Å²) in [5, 5.41) is 5.69. The Morgan fingerprint density at radius 1 is 1.22 bits per heavy atom. The molecule has 0 saturated heterocycles. The standard InChI is InChI=1S/C14H15NO2S/c1-14(2,3)18-9-11-12(15-17-13(11)16)10-7-5-4-6-8-10/h4-9H,1-3H3. The van der Waals surface area contributed by atoms with E-state index in [9.17, 15) is 4.79 Å². The van der Waals surface area contributed by atoms with E-state index in [1.165, 1.54) is 0 Å². The summed E-state index contributed by atoms with van der Waals surface area (Å²) in [4.78, 5) is 16.4. The number of carbonyl (C=O) groups is 1. The van der Waals surface area contributed by atoms with E-state index in [1.807, 2.05) is 35.7 Å². The first-order chi connectivity index (χ1) is 8.47. The molecular formula is C14H15NO2S. The first-order valence-electron chi connectivity index (χ1n) is 5.70. The van der Waals surface area contributed by atoms with Crippen molar-refractivity contribution in [2.24, 2.45) is 5.16 Å². The van der Waals surface area contributed by atoms with Crippen LogP contribution >= 0.6 is 11.8 Å². The molecule has 0 fully saturated rings. The topological polar surface area (TPSA) is 38.7 Å². The monoisotopic (exact) mass is 261 g/mol. The minimum absolute atomic E-state index is 0.0532. The number of nitrogens with zero attached hydrogens (tertiary/aromatic N) is 1. The second kappa shape index (κ2) is 4.98. The molecule has 1 aromatic carbocycles. The number of carbonyl (C=O) groups excluding carboxylic acids is 1. The average molecular weight is 261 g/mol. The molecule has 1 aromatic rings. The van der Waals surface area contributed by atoms with Crippen LogP contribution in [0.25, 0.3) is 0 Å². The molecule has 3 nitrogen and oxygen atoms in total. The number of benzene rings is 1. The van der Waals surface area contributed by atoms with Gasteiger partial charge in [-0.05, 0) is 5.41 Å². The summed E-state index contributed by atoms with van der Waals surface area (Å²) in [6.07, 6.45) is 0. The zero-order valence-electron chi connectivity index (χ0n) is 10.6. The lowest BCUT2D eigenvalue weighted by atomic mass is 10.1. The van der Waals surface area contributed by atoms with Crippen LogP contribution in [0.5, 0.6) is 0 Å². The third-order valence-corrected chi connectivity index (χ3v) is 3.33. The van der Waals surface area contributed by atoms with Gasteiger partial charge in [0.1, 0.15) is 5.71 Å². The number of oxime groups is 1. The van der Waals surface area contributed by atoms with Crippen LogP contribution in [-0.4, -0.2) is 16.4 Å². The van der Waals surface area contributed by atoms with Gasteiger partial charge in [0.15, 0.2) is 0 Å². The summed E-state index contributed by atoms with van der Waals surface area (Å²) in [6.45, 7) is 6.27. The minimum Gasteiger partial charge on any atom is -0.312 e. The Morgan fingerprint density at radius 2 is 1.89 bits per heavy atom. The maximum absolute atomic E-state index is 11.7. The second-order valence-corrected chi connectivity index (χ2v) is 6.64. The fourth-order valence-corrected chi connectivity index (χ4v) is 2.11. The molecular weight excluding hydrogens is 246 g/mol. The molecule has 0 bridgehead atoms. The van der Waals surface area contributed by atoms with Crippen LogP contribution in [-0.2, 0) is 9.63 Å². The smallest absolute Gasteiger partial charge is 0.312 e. The van der Waals surface area contributed by atoms with Crippen LogP contribution in [0.2, 0.25) is 0 Å². The highest BCUT2D eigenvalue weighted by Crippen LogP contribution is 2.28. The predicted octanol–water partition coefficient (Wildman–Crippen LogP) is 3.36. The van der Waals surface area contributed by atoms with Gasteiger partial charge < -0.3 is 4.84 Å². The molecule has 4 heteroatoms. The molecule has 0 aromatic heterocycles. The number of hydrogen-bond donors (Lipinski definition) is 0. The Kier molecular flexibility index (Phi) is 3.57. The second-order valence-electron chi connectivity index (χ2n) is 4.95. The molecule has 0 N–H and O–H groups in total. The van der Waals surface area contributed by atoms with Crippen LogP contribution in [0.4, 0.5) is 0 Å². The van der Waals surface area contributed by atoms with Gasteiger partial charge in [0, 0.05) is 10.3 Å². The van der Waals surface area contributed by atoms with Crippen LogP contribution in [0.1, 0.15) is 26.3 Å². The van der Waals surface area contributed by atoms with E-state index in [1.54, 1.807) is 11.8 Å². The molecule has 18 heavy (non-hydrogen) atoms. The summed E-state index contributed by atoms with van der Waals surface area (Å²) in [5.74, 6) is -0.384. The Hall–Kier alpha value is -1.55. The number of thioether (sulfide) groups is 1. The first kappa shape index (κ1) is 12.9. The lowest BCUT2D eigenvalue weighted by Gasteiger charge is -2.14. The van der Waals surface area contributed by atoms with Crippen molar-refractivity contribution in [3.8, 4) is 0 Å². The van der Waals surface area contributed by atoms with Crippen LogP contribution < -0.4 is 0 Å². The first-order valence-corrected chi connectivity index (χ1v) is 6.58. The maximum Gasteiger partial charge on any atom is 0.368 e. The fourth-order valence-electron chi connectivity index (χ4n) is 1.43. The van der Waals surface area contributed by atoms with E-state index in [2.05, 4.69) is 25.9 Å². The Morgan fingerprint density at radius 3 is 2.50 bits per heavy atom. The maximum atomic E-state index is 11.7. The summed E-state index contributed by atoms with van der Waals surface area (Å²) in [5.41, 5.74) is 2.03. The normalized spacial score (nSPS) is 17.8. The quantitative estimate of drug-likeness (QED) is 0.605. The van der Waals surface area contributed by atoms with Gasteiger partial charge >= 0.3 is 5.97 Å². The number of rotatable bonds is 2. The highest BCUT2D eigenvalue weighted by atomic mass is 32.2. The van der Waals surface area contributed by atoms with E-state index in [0.717, 1.165) is 5.56 Å². The van der Waals surface area contributed by atoms with Gasteiger partial charge in [-0.1, -0.05) is 56.3 Å². The molecule has 0 spiro atoms. The molecule has 1 heterocycles. The summed E-state index contributed by atoms with van der Waals surface area (Å²) in [6, 6.07) is 9.58. The summed E-state index contributed by atoms with van der Waals surface area (Å²) >= 11 is 1.59. The van der Waals surface area contributed by atoms with Crippen molar-refractivity contribution in [2.75, 3.05) is 0 Å². The SMILES string of the molecule is CC(C)(C)SC=C1C(=O)ON=C1c1ccccc1. The van der Waals surface area contributed by atoms with E-state index < -0.39 is 0 Å². The fraction of sp³-hybridized carbons (Fsp3) is 0.286. The predicted molar refractivity (Wildman–Crippen MR) is 74.5 cm³/mol. The van der Waals surface area contributed by atoms with E-state index >= 15 is 0 Å². The van der Waals surface area contributed by atoms with Gasteiger partial charge in [-0.25, -0.2) is 4.79 Å². The summed E-state index contributed by atoms with van der Waals surface area (Å²) < 4.78 is 0.0532. The highest BCUT2D eigenvalue weighted by molar-refractivity contribution is 8.03. The molecule has 0 amide bonds. The van der Waals surface area contributed by atoms with Crippen LogP contribution in [0.3, 0.4) is 0 Å². The number of hydrogen-bond acceptors (Lipinski definition) is 4. The minimum atomic E-state index is -0.384. The molecule has 0 radical (unpaired) electrons. The Bertz CT molecular complexity index is 512. The third-order valence-electron chi connectivity index (χ3n) is 2.27. The van der Waals surface area contributed by atoms with Gasteiger partial charge in [-0.15, -0.1) is 11.8 Å². The van der Waals surface area contributed by atoms with Gasteiger partial charge in [-0.3, -0.25) is 0 Å². The van der Waals surface area contributed by atoms with Crippen molar-refractivity contribution < 1.29 is 9.63 Å². The largest absolute Gasteiger partial charge is 0.368 e. The van der Waals surface area contributed by atoms with E-state index in [-0.39, 0.29) is 10.7 Å². The van der Waals surface area contributed by atoms with Crippen molar-refractivity contribution >= 4 is 23.4 Å². The lowest BCUT2D eigenvalue weighted by molar-refractivity contribution is -0.136. The van der Waals surface area contributed by atoms with Gasteiger partial charge in [0.05, 0.1) is 5.57 Å².